The van der Waals surface area contributed by atoms with Gasteiger partial charge in [0, 0.05) is 16.3 Å². The standard InChI is InChI=1S/C26H30N2O4S/c1-4-23(25(30)28-19-13-12-16(2)17(3)14-19)33-20-9-7-8-18(15-20)27-24(29)21-10-5-6-11-22(21)26(31)32/h5-9,12-15,21-23H,4,10-11H2,1-3H3,(H,27,29)(H,28,30)(H,31,32). The fourth-order valence-corrected chi connectivity index (χ4v) is 4.80. The largest absolute Gasteiger partial charge is 0.481 e. The fraction of sp³-hybridized carbons (Fsp3) is 0.346. The van der Waals surface area contributed by atoms with E-state index in [-0.39, 0.29) is 17.1 Å². The van der Waals surface area contributed by atoms with Crippen molar-refractivity contribution in [2.24, 2.45) is 11.8 Å². The van der Waals surface area contributed by atoms with Crippen LogP contribution in [0.15, 0.2) is 59.5 Å². The molecule has 7 heteroatoms. The van der Waals surface area contributed by atoms with Crippen LogP contribution in [0, 0.1) is 25.7 Å². The van der Waals surface area contributed by atoms with Gasteiger partial charge in [0.05, 0.1) is 17.1 Å². The Morgan fingerprint density at radius 1 is 0.970 bits per heavy atom. The monoisotopic (exact) mass is 466 g/mol. The topological polar surface area (TPSA) is 95.5 Å². The number of rotatable bonds is 8. The maximum Gasteiger partial charge on any atom is 0.307 e. The highest BCUT2D eigenvalue weighted by atomic mass is 32.2. The number of anilines is 2. The SMILES string of the molecule is CCC(Sc1cccc(NC(=O)C2CC=CCC2C(=O)O)c1)C(=O)Nc1ccc(C)c(C)c1. The van der Waals surface area contributed by atoms with Crippen LogP contribution in [0.4, 0.5) is 11.4 Å². The van der Waals surface area contributed by atoms with Gasteiger partial charge in [-0.25, -0.2) is 0 Å². The number of carboxylic acid groups (broad SMARTS) is 1. The molecule has 2 amide bonds. The Hall–Kier alpha value is -3.06. The van der Waals surface area contributed by atoms with Gasteiger partial charge in [0.1, 0.15) is 0 Å². The average Bonchev–Trinajstić information content (AvgIpc) is 2.80. The van der Waals surface area contributed by atoms with E-state index in [0.717, 1.165) is 16.1 Å². The van der Waals surface area contributed by atoms with Crippen LogP contribution in [0.5, 0.6) is 0 Å². The zero-order valence-electron chi connectivity index (χ0n) is 19.1. The van der Waals surface area contributed by atoms with Crippen LogP contribution in [-0.2, 0) is 14.4 Å². The number of thioether (sulfide) groups is 1. The summed E-state index contributed by atoms with van der Waals surface area (Å²) in [5.41, 5.74) is 3.66. The lowest BCUT2D eigenvalue weighted by Gasteiger charge is -2.24. The highest BCUT2D eigenvalue weighted by molar-refractivity contribution is 8.00. The van der Waals surface area contributed by atoms with E-state index >= 15 is 0 Å². The van der Waals surface area contributed by atoms with Crippen molar-refractivity contribution < 1.29 is 19.5 Å². The first-order chi connectivity index (χ1) is 15.8. The van der Waals surface area contributed by atoms with Crippen LogP contribution in [0.25, 0.3) is 0 Å². The highest BCUT2D eigenvalue weighted by Gasteiger charge is 2.34. The van der Waals surface area contributed by atoms with E-state index in [1.807, 2.05) is 69.3 Å². The van der Waals surface area contributed by atoms with Crippen LogP contribution in [0.3, 0.4) is 0 Å². The number of benzene rings is 2. The molecule has 3 N–H and O–H groups in total. The van der Waals surface area contributed by atoms with Crippen LogP contribution >= 0.6 is 11.8 Å². The number of amides is 2. The number of carbonyl (C=O) groups is 3. The average molecular weight is 467 g/mol. The number of allylic oxidation sites excluding steroid dienone is 2. The number of aliphatic carboxylic acids is 1. The van der Waals surface area contributed by atoms with Crippen molar-refractivity contribution in [1.82, 2.24) is 0 Å². The third-order valence-electron chi connectivity index (χ3n) is 5.90. The molecule has 0 radical (unpaired) electrons. The third kappa shape index (κ3) is 6.48. The molecule has 3 atom stereocenters. The minimum Gasteiger partial charge on any atom is -0.481 e. The molecular formula is C26H30N2O4S. The lowest BCUT2D eigenvalue weighted by Crippen LogP contribution is -2.34. The van der Waals surface area contributed by atoms with Crippen molar-refractivity contribution in [2.75, 3.05) is 10.6 Å². The van der Waals surface area contributed by atoms with E-state index in [1.165, 1.54) is 17.3 Å². The van der Waals surface area contributed by atoms with Crippen molar-refractivity contribution in [3.8, 4) is 0 Å². The molecular weight excluding hydrogens is 436 g/mol. The van der Waals surface area contributed by atoms with Gasteiger partial charge in [0.2, 0.25) is 11.8 Å². The second-order valence-electron chi connectivity index (χ2n) is 8.31. The number of nitrogens with one attached hydrogen (secondary N) is 2. The molecule has 3 unspecified atom stereocenters. The first kappa shape index (κ1) is 24.6. The summed E-state index contributed by atoms with van der Waals surface area (Å²) in [6, 6.07) is 13.2. The fourth-order valence-electron chi connectivity index (χ4n) is 3.79. The highest BCUT2D eigenvalue weighted by Crippen LogP contribution is 2.31. The zero-order chi connectivity index (χ0) is 24.0. The molecule has 1 aliphatic rings. The summed E-state index contributed by atoms with van der Waals surface area (Å²) in [4.78, 5) is 38.0. The summed E-state index contributed by atoms with van der Waals surface area (Å²) in [5.74, 6) is -2.64. The predicted octanol–water partition coefficient (Wildman–Crippen LogP) is 5.42. The van der Waals surface area contributed by atoms with E-state index in [9.17, 15) is 19.5 Å². The van der Waals surface area contributed by atoms with Gasteiger partial charge < -0.3 is 15.7 Å². The molecule has 2 aromatic rings. The Labute approximate surface area is 198 Å². The van der Waals surface area contributed by atoms with Gasteiger partial charge in [-0.3, -0.25) is 14.4 Å². The molecule has 0 fully saturated rings. The van der Waals surface area contributed by atoms with Gasteiger partial charge in [-0.15, -0.1) is 11.8 Å². The summed E-state index contributed by atoms with van der Waals surface area (Å²) < 4.78 is 0. The van der Waals surface area contributed by atoms with E-state index in [2.05, 4.69) is 10.6 Å². The number of carbonyl (C=O) groups excluding carboxylic acids is 2. The number of aryl methyl sites for hydroxylation is 2. The predicted molar refractivity (Wildman–Crippen MR) is 133 cm³/mol. The maximum atomic E-state index is 12.8. The van der Waals surface area contributed by atoms with E-state index in [4.69, 9.17) is 0 Å². The first-order valence-electron chi connectivity index (χ1n) is 11.1. The normalized spacial score (nSPS) is 18.4. The van der Waals surface area contributed by atoms with Gasteiger partial charge in [0.25, 0.3) is 0 Å². The van der Waals surface area contributed by atoms with Gasteiger partial charge in [-0.2, -0.15) is 0 Å². The molecule has 0 bridgehead atoms. The molecule has 33 heavy (non-hydrogen) atoms. The maximum absolute atomic E-state index is 12.8. The van der Waals surface area contributed by atoms with Gasteiger partial charge in [0.15, 0.2) is 0 Å². The van der Waals surface area contributed by atoms with Crippen LogP contribution in [-0.4, -0.2) is 28.1 Å². The molecule has 1 aliphatic carbocycles. The second kappa shape index (κ2) is 11.2. The van der Waals surface area contributed by atoms with E-state index < -0.39 is 17.8 Å². The van der Waals surface area contributed by atoms with Gasteiger partial charge in [-0.1, -0.05) is 31.2 Å². The van der Waals surface area contributed by atoms with Crippen molar-refractivity contribution in [3.63, 3.8) is 0 Å². The zero-order valence-corrected chi connectivity index (χ0v) is 19.9. The summed E-state index contributed by atoms with van der Waals surface area (Å²) in [7, 11) is 0. The van der Waals surface area contributed by atoms with Crippen LogP contribution in [0.1, 0.15) is 37.3 Å². The van der Waals surface area contributed by atoms with E-state index in [1.54, 1.807) is 6.07 Å². The molecule has 0 saturated carbocycles. The Bertz CT molecular complexity index is 1070. The summed E-state index contributed by atoms with van der Waals surface area (Å²) in [6.45, 7) is 6.01. The van der Waals surface area contributed by atoms with Crippen LogP contribution in [0.2, 0.25) is 0 Å². The third-order valence-corrected chi connectivity index (χ3v) is 7.26. The lowest BCUT2D eigenvalue weighted by molar-refractivity contribution is -0.146. The quantitative estimate of drug-likeness (QED) is 0.357. The molecule has 0 aromatic heterocycles. The summed E-state index contributed by atoms with van der Waals surface area (Å²) in [5, 5.41) is 15.0. The van der Waals surface area contributed by atoms with Crippen molar-refractivity contribution in [1.29, 1.82) is 0 Å². The molecule has 6 nitrogen and oxygen atoms in total. The van der Waals surface area contributed by atoms with Gasteiger partial charge in [-0.05, 0) is 74.6 Å². The summed E-state index contributed by atoms with van der Waals surface area (Å²) >= 11 is 1.44. The Balaban J connectivity index is 1.65. The second-order valence-corrected chi connectivity index (χ2v) is 9.59. The molecule has 2 aromatic carbocycles. The molecule has 0 saturated heterocycles. The summed E-state index contributed by atoms with van der Waals surface area (Å²) in [6.07, 6.45) is 5.08. The molecule has 0 spiro atoms. The Morgan fingerprint density at radius 3 is 2.33 bits per heavy atom. The van der Waals surface area contributed by atoms with Crippen molar-refractivity contribution in [3.05, 3.63) is 65.7 Å². The molecule has 0 aliphatic heterocycles. The smallest absolute Gasteiger partial charge is 0.307 e. The van der Waals surface area contributed by atoms with Crippen LogP contribution < -0.4 is 10.6 Å². The van der Waals surface area contributed by atoms with Crippen molar-refractivity contribution >= 4 is 40.9 Å². The first-order valence-corrected chi connectivity index (χ1v) is 12.0. The minimum atomic E-state index is -0.954. The van der Waals surface area contributed by atoms with Gasteiger partial charge >= 0.3 is 5.97 Å². The lowest BCUT2D eigenvalue weighted by atomic mass is 9.82. The Kier molecular flexibility index (Phi) is 8.33. The number of hydrogen-bond acceptors (Lipinski definition) is 4. The van der Waals surface area contributed by atoms with Crippen molar-refractivity contribution in [2.45, 2.75) is 50.2 Å². The molecule has 0 heterocycles. The number of hydrogen-bond donors (Lipinski definition) is 3. The minimum absolute atomic E-state index is 0.0708. The van der Waals surface area contributed by atoms with E-state index in [0.29, 0.717) is 24.9 Å². The number of carboxylic acids is 1. The Morgan fingerprint density at radius 2 is 1.67 bits per heavy atom. The molecule has 174 valence electrons. The molecule has 3 rings (SSSR count).